The van der Waals surface area contributed by atoms with E-state index in [4.69, 9.17) is 14.6 Å². The molecular formula is C11H14ClNO4. The van der Waals surface area contributed by atoms with Crippen molar-refractivity contribution in [3.63, 3.8) is 0 Å². The van der Waals surface area contributed by atoms with Gasteiger partial charge in [-0.05, 0) is 12.1 Å². The van der Waals surface area contributed by atoms with Gasteiger partial charge in [0.25, 0.3) is 0 Å². The van der Waals surface area contributed by atoms with Gasteiger partial charge in [0, 0.05) is 20.9 Å². The van der Waals surface area contributed by atoms with Crippen molar-refractivity contribution in [1.29, 1.82) is 0 Å². The molecule has 1 aromatic rings. The molecule has 0 spiro atoms. The fraction of sp³-hybridized carbons (Fsp3) is 0.364. The van der Waals surface area contributed by atoms with Crippen LogP contribution in [0, 0.1) is 0 Å². The smallest absolute Gasteiger partial charge is 0.411 e. The van der Waals surface area contributed by atoms with Crippen LogP contribution in [0.1, 0.15) is 13.8 Å². The topological polar surface area (TPSA) is 59.0 Å². The summed E-state index contributed by atoms with van der Waals surface area (Å²) in [5, 5.41) is 8.93. The molecule has 0 saturated carbocycles. The van der Waals surface area contributed by atoms with Crippen molar-refractivity contribution < 1.29 is 19.4 Å². The van der Waals surface area contributed by atoms with E-state index in [0.717, 1.165) is 4.90 Å². The van der Waals surface area contributed by atoms with Crippen LogP contribution in [0.5, 0.6) is 11.5 Å². The average Bonchev–Trinajstić information content (AvgIpc) is 2.49. The minimum atomic E-state index is -1.04. The number of para-hydroxylation sites is 1. The zero-order valence-corrected chi connectivity index (χ0v) is 10.6. The summed E-state index contributed by atoms with van der Waals surface area (Å²) in [6.07, 6.45) is -1.04. The first kappa shape index (κ1) is 13.4. The number of fused-ring (bicyclic) bond motifs is 1. The molecule has 1 N–H and O–H groups in total. The van der Waals surface area contributed by atoms with Gasteiger partial charge in [0.15, 0.2) is 11.5 Å². The molecule has 6 heteroatoms. The highest BCUT2D eigenvalue weighted by Crippen LogP contribution is 2.45. The Bertz CT molecular complexity index is 447. The van der Waals surface area contributed by atoms with Gasteiger partial charge < -0.3 is 14.6 Å². The molecule has 0 aliphatic carbocycles. The molecule has 94 valence electrons. The zero-order chi connectivity index (χ0) is 11.9. The van der Waals surface area contributed by atoms with E-state index in [1.165, 1.54) is 7.05 Å². The lowest BCUT2D eigenvalue weighted by molar-refractivity contribution is -0.0429. The molecule has 0 saturated heterocycles. The first-order valence-corrected chi connectivity index (χ1v) is 4.88. The lowest BCUT2D eigenvalue weighted by Crippen LogP contribution is -2.30. The molecule has 0 radical (unpaired) electrons. The van der Waals surface area contributed by atoms with Crippen molar-refractivity contribution >= 4 is 24.2 Å². The molecule has 0 unspecified atom stereocenters. The molecule has 1 amide bonds. The highest BCUT2D eigenvalue weighted by molar-refractivity contribution is 5.88. The molecular weight excluding hydrogens is 246 g/mol. The predicted octanol–water partition coefficient (Wildman–Crippen LogP) is 2.73. The standard InChI is InChI=1S/C11H13NO4.ClH/c1-11(2)15-8-6-4-5-7(9(8)16-11)12(3)10(13)14;/h4-6H,1-3H3,(H,13,14);1H. The molecule has 0 fully saturated rings. The number of rotatable bonds is 1. The van der Waals surface area contributed by atoms with E-state index < -0.39 is 11.9 Å². The lowest BCUT2D eigenvalue weighted by atomic mass is 10.2. The van der Waals surface area contributed by atoms with Crippen LogP contribution in [0.4, 0.5) is 10.5 Å². The van der Waals surface area contributed by atoms with Crippen LogP contribution in [-0.4, -0.2) is 24.0 Å². The van der Waals surface area contributed by atoms with E-state index in [-0.39, 0.29) is 12.4 Å². The Balaban J connectivity index is 0.00000144. The minimum absolute atomic E-state index is 0. The molecule has 1 heterocycles. The number of anilines is 1. The van der Waals surface area contributed by atoms with Crippen LogP contribution in [0.2, 0.25) is 0 Å². The maximum Gasteiger partial charge on any atom is 0.411 e. The zero-order valence-electron chi connectivity index (χ0n) is 9.76. The quantitative estimate of drug-likeness (QED) is 0.842. The van der Waals surface area contributed by atoms with Crippen LogP contribution >= 0.6 is 12.4 Å². The van der Waals surface area contributed by atoms with Crippen LogP contribution in [0.15, 0.2) is 18.2 Å². The third-order valence-corrected chi connectivity index (χ3v) is 2.31. The second kappa shape index (κ2) is 4.33. The number of hydrogen-bond donors (Lipinski definition) is 1. The first-order valence-electron chi connectivity index (χ1n) is 4.88. The van der Waals surface area contributed by atoms with Crippen molar-refractivity contribution in [2.45, 2.75) is 19.6 Å². The van der Waals surface area contributed by atoms with Gasteiger partial charge in [0.2, 0.25) is 5.79 Å². The maximum absolute atomic E-state index is 10.9. The Labute approximate surface area is 105 Å². The Morgan fingerprint density at radius 2 is 2.00 bits per heavy atom. The van der Waals surface area contributed by atoms with Gasteiger partial charge in [0.1, 0.15) is 0 Å². The number of ether oxygens (including phenoxy) is 2. The van der Waals surface area contributed by atoms with E-state index in [9.17, 15) is 4.79 Å². The Hall–Kier alpha value is -1.62. The molecule has 1 aliphatic rings. The number of hydrogen-bond acceptors (Lipinski definition) is 3. The monoisotopic (exact) mass is 259 g/mol. The third-order valence-electron chi connectivity index (χ3n) is 2.31. The molecule has 2 rings (SSSR count). The number of halogens is 1. The largest absolute Gasteiger partial charge is 0.465 e. The van der Waals surface area contributed by atoms with Gasteiger partial charge in [-0.3, -0.25) is 4.90 Å². The summed E-state index contributed by atoms with van der Waals surface area (Å²) < 4.78 is 11.1. The van der Waals surface area contributed by atoms with Gasteiger partial charge in [0.05, 0.1) is 5.69 Å². The Morgan fingerprint density at radius 1 is 1.35 bits per heavy atom. The number of carbonyl (C=O) groups is 1. The summed E-state index contributed by atoms with van der Waals surface area (Å²) in [5.41, 5.74) is 0.482. The van der Waals surface area contributed by atoms with Crippen molar-refractivity contribution in [2.24, 2.45) is 0 Å². The number of benzene rings is 1. The van der Waals surface area contributed by atoms with Gasteiger partial charge in [-0.15, -0.1) is 12.4 Å². The predicted molar refractivity (Wildman–Crippen MR) is 65.5 cm³/mol. The number of carboxylic acid groups (broad SMARTS) is 1. The minimum Gasteiger partial charge on any atom is -0.465 e. The number of nitrogens with zero attached hydrogens (tertiary/aromatic N) is 1. The Kier molecular flexibility index (Phi) is 3.43. The summed E-state index contributed by atoms with van der Waals surface area (Å²) in [7, 11) is 1.46. The second-order valence-corrected chi connectivity index (χ2v) is 4.05. The molecule has 0 atom stereocenters. The van der Waals surface area contributed by atoms with Crippen LogP contribution in [-0.2, 0) is 0 Å². The second-order valence-electron chi connectivity index (χ2n) is 4.05. The van der Waals surface area contributed by atoms with Crippen molar-refractivity contribution in [1.82, 2.24) is 0 Å². The van der Waals surface area contributed by atoms with E-state index in [0.29, 0.717) is 17.2 Å². The molecule has 0 aromatic heterocycles. The Morgan fingerprint density at radius 3 is 2.59 bits per heavy atom. The van der Waals surface area contributed by atoms with E-state index in [1.54, 1.807) is 32.0 Å². The van der Waals surface area contributed by atoms with Crippen LogP contribution in [0.3, 0.4) is 0 Å². The van der Waals surface area contributed by atoms with Crippen LogP contribution < -0.4 is 14.4 Å². The van der Waals surface area contributed by atoms with Crippen molar-refractivity contribution in [3.8, 4) is 11.5 Å². The van der Waals surface area contributed by atoms with Crippen molar-refractivity contribution in [3.05, 3.63) is 18.2 Å². The van der Waals surface area contributed by atoms with Gasteiger partial charge in [-0.2, -0.15) is 0 Å². The highest BCUT2D eigenvalue weighted by Gasteiger charge is 2.34. The third kappa shape index (κ3) is 2.39. The van der Waals surface area contributed by atoms with E-state index in [1.807, 2.05) is 0 Å². The first-order chi connectivity index (χ1) is 7.41. The maximum atomic E-state index is 10.9. The summed E-state index contributed by atoms with van der Waals surface area (Å²) in [6.45, 7) is 3.55. The molecule has 17 heavy (non-hydrogen) atoms. The fourth-order valence-electron chi connectivity index (χ4n) is 1.59. The van der Waals surface area contributed by atoms with Crippen LogP contribution in [0.25, 0.3) is 0 Å². The average molecular weight is 260 g/mol. The molecule has 1 aliphatic heterocycles. The summed E-state index contributed by atoms with van der Waals surface area (Å²) in [6, 6.07) is 5.17. The highest BCUT2D eigenvalue weighted by atomic mass is 35.5. The van der Waals surface area contributed by atoms with E-state index in [2.05, 4.69) is 0 Å². The van der Waals surface area contributed by atoms with Gasteiger partial charge in [-0.25, -0.2) is 4.79 Å². The molecule has 5 nitrogen and oxygen atoms in total. The fourth-order valence-corrected chi connectivity index (χ4v) is 1.59. The normalized spacial score (nSPS) is 15.0. The van der Waals surface area contributed by atoms with Gasteiger partial charge >= 0.3 is 6.09 Å². The summed E-state index contributed by atoms with van der Waals surface area (Å²) >= 11 is 0. The van der Waals surface area contributed by atoms with E-state index >= 15 is 0 Å². The lowest BCUT2D eigenvalue weighted by Gasteiger charge is -2.18. The summed E-state index contributed by atoms with van der Waals surface area (Å²) in [5.74, 6) is 0.283. The molecule has 1 aromatic carbocycles. The SMILES string of the molecule is CN(C(=O)O)c1cccc2c1OC(C)(C)O2.Cl. The summed E-state index contributed by atoms with van der Waals surface area (Å²) in [4.78, 5) is 12.0. The molecule has 0 bridgehead atoms. The number of amides is 1. The van der Waals surface area contributed by atoms with Crippen molar-refractivity contribution in [2.75, 3.05) is 11.9 Å². The van der Waals surface area contributed by atoms with Gasteiger partial charge in [-0.1, -0.05) is 6.07 Å².